The highest BCUT2D eigenvalue weighted by molar-refractivity contribution is 6.34. The summed E-state index contributed by atoms with van der Waals surface area (Å²) in [5.74, 6) is -0.0248. The van der Waals surface area contributed by atoms with Gasteiger partial charge in [-0.25, -0.2) is 0 Å². The Balaban J connectivity index is 1.51. The number of H-pyrrole nitrogens is 1. The number of aromatic amines is 1. The summed E-state index contributed by atoms with van der Waals surface area (Å²) in [5.41, 5.74) is 6.11. The number of hydrogen-bond donors (Lipinski definition) is 2. The Bertz CT molecular complexity index is 1520. The number of aromatic nitrogens is 4. The van der Waals surface area contributed by atoms with Crippen molar-refractivity contribution in [3.8, 4) is 11.1 Å². The topological polar surface area (TPSA) is 99.1 Å². The third-order valence-electron chi connectivity index (χ3n) is 6.82. The van der Waals surface area contributed by atoms with Crippen molar-refractivity contribution in [2.45, 2.75) is 19.4 Å². The predicted molar refractivity (Wildman–Crippen MR) is 150 cm³/mol. The summed E-state index contributed by atoms with van der Waals surface area (Å²) in [5, 5.41) is 12.4. The molecule has 0 unspecified atom stereocenters. The second-order valence-corrected chi connectivity index (χ2v) is 9.97. The van der Waals surface area contributed by atoms with E-state index in [1.165, 1.54) is 0 Å². The highest BCUT2D eigenvalue weighted by atomic mass is 35.5. The molecule has 2 N–H and O–H groups in total. The second kappa shape index (κ2) is 10.7. The molecule has 5 rings (SSSR count). The number of amides is 2. The number of benzene rings is 2. The van der Waals surface area contributed by atoms with Gasteiger partial charge in [0.2, 0.25) is 5.91 Å². The number of carbonyl (C=O) groups is 2. The van der Waals surface area contributed by atoms with Crippen molar-refractivity contribution in [2.75, 3.05) is 39.5 Å². The molecule has 0 fully saturated rings. The number of nitrogens with one attached hydrogen (secondary N) is 2. The molecule has 0 aliphatic carbocycles. The maximum Gasteiger partial charge on any atom is 0.269 e. The van der Waals surface area contributed by atoms with E-state index in [0.717, 1.165) is 45.3 Å². The zero-order valence-electron chi connectivity index (χ0n) is 21.7. The molecular weight excluding hydrogens is 502 g/mol. The van der Waals surface area contributed by atoms with Gasteiger partial charge in [-0.05, 0) is 53.5 Å². The van der Waals surface area contributed by atoms with E-state index in [1.54, 1.807) is 36.1 Å². The van der Waals surface area contributed by atoms with Crippen LogP contribution in [-0.4, -0.2) is 75.8 Å². The Morgan fingerprint density at radius 1 is 1.16 bits per heavy atom. The van der Waals surface area contributed by atoms with Crippen LogP contribution in [0.2, 0.25) is 5.02 Å². The first-order valence-corrected chi connectivity index (χ1v) is 12.9. The Hall–Kier alpha value is -4.11. The average Bonchev–Trinajstić information content (AvgIpc) is 3.61. The third-order valence-corrected chi connectivity index (χ3v) is 7.14. The molecule has 4 aromatic rings. The summed E-state index contributed by atoms with van der Waals surface area (Å²) in [6.07, 6.45) is 6.68. The van der Waals surface area contributed by atoms with E-state index >= 15 is 0 Å². The van der Waals surface area contributed by atoms with Gasteiger partial charge in [-0.1, -0.05) is 29.0 Å². The second-order valence-electron chi connectivity index (χ2n) is 9.56. The molecule has 1 aliphatic rings. The van der Waals surface area contributed by atoms with Gasteiger partial charge < -0.3 is 20.1 Å². The molecule has 2 aromatic heterocycles. The first kappa shape index (κ1) is 25.5. The van der Waals surface area contributed by atoms with Crippen LogP contribution in [0.5, 0.6) is 0 Å². The van der Waals surface area contributed by atoms with Crippen LogP contribution in [0, 0.1) is 0 Å². The molecule has 2 aromatic carbocycles. The first-order valence-electron chi connectivity index (χ1n) is 12.5. The Labute approximate surface area is 226 Å². The molecule has 196 valence electrons. The molecule has 0 bridgehead atoms. The highest BCUT2D eigenvalue weighted by Gasteiger charge is 2.22. The van der Waals surface area contributed by atoms with Gasteiger partial charge in [0.05, 0.1) is 17.8 Å². The number of nitrogens with zero attached hydrogens (tertiary/aromatic N) is 5. The van der Waals surface area contributed by atoms with Crippen LogP contribution in [0.3, 0.4) is 0 Å². The number of carbonyl (C=O) groups excluding carboxylic acids is 2. The van der Waals surface area contributed by atoms with Gasteiger partial charge in [-0.15, -0.1) is 5.10 Å². The van der Waals surface area contributed by atoms with Gasteiger partial charge in [0.25, 0.3) is 5.91 Å². The monoisotopic (exact) mass is 531 g/mol. The summed E-state index contributed by atoms with van der Waals surface area (Å²) >= 11 is 6.74. The molecule has 0 atom stereocenters. The van der Waals surface area contributed by atoms with E-state index < -0.39 is 0 Å². The summed E-state index contributed by atoms with van der Waals surface area (Å²) in [4.78, 5) is 32.5. The van der Waals surface area contributed by atoms with Gasteiger partial charge in [0, 0.05) is 69.0 Å². The van der Waals surface area contributed by atoms with E-state index in [2.05, 4.69) is 38.8 Å². The number of halogens is 1. The van der Waals surface area contributed by atoms with Crippen LogP contribution in [0.4, 0.5) is 5.69 Å². The van der Waals surface area contributed by atoms with E-state index in [1.807, 2.05) is 36.2 Å². The maximum absolute atomic E-state index is 13.0. The molecule has 0 saturated carbocycles. The average molecular weight is 532 g/mol. The van der Waals surface area contributed by atoms with Crippen LogP contribution in [0.1, 0.15) is 28.9 Å². The van der Waals surface area contributed by atoms with E-state index in [9.17, 15) is 9.59 Å². The molecular formula is C28H30ClN7O2. The molecule has 0 radical (unpaired) electrons. The first-order chi connectivity index (χ1) is 18.3. The molecule has 3 heterocycles. The van der Waals surface area contributed by atoms with Gasteiger partial charge >= 0.3 is 0 Å². The number of hydrogen-bond acceptors (Lipinski definition) is 5. The van der Waals surface area contributed by atoms with Gasteiger partial charge in [-0.3, -0.25) is 14.3 Å². The number of aryl methyl sites for hydroxylation is 1. The number of fused-ring (bicyclic) bond motifs is 1. The van der Waals surface area contributed by atoms with Gasteiger partial charge in [0.1, 0.15) is 5.69 Å². The van der Waals surface area contributed by atoms with Crippen LogP contribution >= 0.6 is 11.6 Å². The lowest BCUT2D eigenvalue weighted by Crippen LogP contribution is -2.35. The molecule has 0 saturated heterocycles. The minimum atomic E-state index is -0.105. The lowest BCUT2D eigenvalue weighted by molar-refractivity contribution is -0.131. The Morgan fingerprint density at radius 2 is 2.00 bits per heavy atom. The van der Waals surface area contributed by atoms with Gasteiger partial charge in [-0.2, -0.15) is 0 Å². The molecule has 10 heteroatoms. The fraction of sp³-hybridized carbons (Fsp3) is 0.286. The summed E-state index contributed by atoms with van der Waals surface area (Å²) < 4.78 is 1.67. The Morgan fingerprint density at radius 3 is 2.71 bits per heavy atom. The number of anilines is 1. The smallest absolute Gasteiger partial charge is 0.269 e. The van der Waals surface area contributed by atoms with Crippen LogP contribution < -0.4 is 5.32 Å². The third kappa shape index (κ3) is 5.15. The van der Waals surface area contributed by atoms with Crippen molar-refractivity contribution in [3.05, 3.63) is 71.1 Å². The minimum absolute atomic E-state index is 0.0804. The standard InChI is InChI=1S/C28H30ClN7O2/c1-30-20-6-7-21(24(29)15-20)22-13-19(14-25-23(22)16-26(32-25)28(38)34(2)3)18-5-4-10-35(17-18)27(37)8-11-36-12-9-31-33-36/h5-7,9,12-16,30,32H,4,8,10-11,17H2,1-3H3. The van der Waals surface area contributed by atoms with Crippen molar-refractivity contribution in [2.24, 2.45) is 0 Å². The van der Waals surface area contributed by atoms with E-state index in [0.29, 0.717) is 36.8 Å². The van der Waals surface area contributed by atoms with Crippen LogP contribution in [-0.2, 0) is 11.3 Å². The summed E-state index contributed by atoms with van der Waals surface area (Å²) in [6, 6.07) is 11.9. The Kier molecular flexibility index (Phi) is 7.20. The van der Waals surface area contributed by atoms with Gasteiger partial charge in [0.15, 0.2) is 0 Å². The zero-order valence-corrected chi connectivity index (χ0v) is 22.4. The molecule has 2 amide bonds. The lowest BCUT2D eigenvalue weighted by atomic mass is 9.93. The molecule has 38 heavy (non-hydrogen) atoms. The summed E-state index contributed by atoms with van der Waals surface area (Å²) in [7, 11) is 5.31. The summed E-state index contributed by atoms with van der Waals surface area (Å²) in [6.45, 7) is 1.69. The molecule has 9 nitrogen and oxygen atoms in total. The maximum atomic E-state index is 13.0. The van der Waals surface area contributed by atoms with Crippen molar-refractivity contribution in [3.63, 3.8) is 0 Å². The van der Waals surface area contributed by atoms with Crippen molar-refractivity contribution >= 4 is 45.6 Å². The van der Waals surface area contributed by atoms with Crippen molar-refractivity contribution < 1.29 is 9.59 Å². The quantitative estimate of drug-likeness (QED) is 0.365. The SMILES string of the molecule is CNc1ccc(-c2cc(C3=CCCN(C(=O)CCn4ccnn4)C3)cc3[nH]c(C(=O)N(C)C)cc23)c(Cl)c1. The lowest BCUT2D eigenvalue weighted by Gasteiger charge is -2.28. The zero-order chi connectivity index (χ0) is 26.8. The minimum Gasteiger partial charge on any atom is -0.388 e. The van der Waals surface area contributed by atoms with Crippen LogP contribution in [0.15, 0.2) is 54.9 Å². The predicted octanol–water partition coefficient (Wildman–Crippen LogP) is 4.53. The van der Waals surface area contributed by atoms with E-state index in [4.69, 9.17) is 11.6 Å². The van der Waals surface area contributed by atoms with Crippen molar-refractivity contribution in [1.29, 1.82) is 0 Å². The highest BCUT2D eigenvalue weighted by Crippen LogP contribution is 2.38. The van der Waals surface area contributed by atoms with Crippen LogP contribution in [0.25, 0.3) is 27.6 Å². The van der Waals surface area contributed by atoms with E-state index in [-0.39, 0.29) is 11.8 Å². The van der Waals surface area contributed by atoms with Crippen molar-refractivity contribution in [1.82, 2.24) is 29.8 Å². The fourth-order valence-corrected chi connectivity index (χ4v) is 5.06. The fourth-order valence-electron chi connectivity index (χ4n) is 4.78. The normalized spacial score (nSPS) is 13.5. The largest absolute Gasteiger partial charge is 0.388 e. The number of rotatable bonds is 7. The molecule has 1 aliphatic heterocycles. The molecule has 0 spiro atoms.